The highest BCUT2D eigenvalue weighted by atomic mass is 16.2. The third-order valence-electron chi connectivity index (χ3n) is 4.69. The predicted molar refractivity (Wildman–Crippen MR) is 87.4 cm³/mol. The maximum atomic E-state index is 12.5. The summed E-state index contributed by atoms with van der Waals surface area (Å²) in [4.78, 5) is 26.7. The number of hydrogen-bond donors (Lipinski definition) is 1. The quantitative estimate of drug-likeness (QED) is 0.870. The van der Waals surface area contributed by atoms with Crippen molar-refractivity contribution >= 4 is 17.4 Å². The Morgan fingerprint density at radius 3 is 2.86 bits per heavy atom. The van der Waals surface area contributed by atoms with Crippen LogP contribution in [0.2, 0.25) is 0 Å². The standard InChI is InChI=1S/C18H24N2O2/c1-3-5-17(21)20-12(2)10-14-11-13(7-8-16(14)20)18(22)15-6-4-9-19-15/h7-8,11-12,15,19H,3-6,9-10H2,1-2H3. The van der Waals surface area contributed by atoms with Gasteiger partial charge in [-0.2, -0.15) is 0 Å². The van der Waals surface area contributed by atoms with E-state index in [-0.39, 0.29) is 23.8 Å². The average molecular weight is 300 g/mol. The molecule has 1 aromatic carbocycles. The molecule has 0 bridgehead atoms. The van der Waals surface area contributed by atoms with Crippen molar-refractivity contribution in [3.8, 4) is 0 Å². The molecule has 1 amide bonds. The number of amides is 1. The average Bonchev–Trinajstić information content (AvgIpc) is 3.12. The monoisotopic (exact) mass is 300 g/mol. The minimum Gasteiger partial charge on any atom is -0.309 e. The number of nitrogens with one attached hydrogen (secondary N) is 1. The van der Waals surface area contributed by atoms with Crippen molar-refractivity contribution in [1.29, 1.82) is 0 Å². The Bertz CT molecular complexity index is 591. The second-order valence-electron chi connectivity index (χ2n) is 6.42. The maximum Gasteiger partial charge on any atom is 0.227 e. The lowest BCUT2D eigenvalue weighted by atomic mass is 9.99. The van der Waals surface area contributed by atoms with Crippen LogP contribution >= 0.6 is 0 Å². The molecule has 4 nitrogen and oxygen atoms in total. The summed E-state index contributed by atoms with van der Waals surface area (Å²) in [5.74, 6) is 0.372. The molecule has 1 aromatic rings. The van der Waals surface area contributed by atoms with E-state index >= 15 is 0 Å². The van der Waals surface area contributed by atoms with Crippen LogP contribution in [-0.4, -0.2) is 30.3 Å². The molecule has 1 saturated heterocycles. The first-order valence-electron chi connectivity index (χ1n) is 8.34. The first-order chi connectivity index (χ1) is 10.6. The van der Waals surface area contributed by atoms with Gasteiger partial charge >= 0.3 is 0 Å². The number of hydrogen-bond acceptors (Lipinski definition) is 3. The summed E-state index contributed by atoms with van der Waals surface area (Å²) < 4.78 is 0. The summed E-state index contributed by atoms with van der Waals surface area (Å²) >= 11 is 0. The van der Waals surface area contributed by atoms with Gasteiger partial charge in [-0.1, -0.05) is 6.92 Å². The third kappa shape index (κ3) is 2.68. The van der Waals surface area contributed by atoms with Crippen LogP contribution in [0, 0.1) is 0 Å². The van der Waals surface area contributed by atoms with Gasteiger partial charge in [0.25, 0.3) is 0 Å². The minimum absolute atomic E-state index is 0.0327. The molecule has 3 rings (SSSR count). The maximum absolute atomic E-state index is 12.5. The van der Waals surface area contributed by atoms with Crippen molar-refractivity contribution in [2.45, 2.75) is 58.0 Å². The zero-order valence-electron chi connectivity index (χ0n) is 13.4. The Hall–Kier alpha value is -1.68. The van der Waals surface area contributed by atoms with Gasteiger partial charge in [-0.05, 0) is 62.9 Å². The van der Waals surface area contributed by atoms with Crippen LogP contribution in [0.1, 0.15) is 55.5 Å². The van der Waals surface area contributed by atoms with Gasteiger partial charge in [0.1, 0.15) is 0 Å². The van der Waals surface area contributed by atoms with E-state index in [2.05, 4.69) is 12.2 Å². The second kappa shape index (κ2) is 6.21. The molecule has 0 aromatic heterocycles. The summed E-state index contributed by atoms with van der Waals surface area (Å²) in [6.45, 7) is 5.03. The molecule has 2 atom stereocenters. The zero-order valence-corrected chi connectivity index (χ0v) is 13.4. The summed E-state index contributed by atoms with van der Waals surface area (Å²) in [6, 6.07) is 5.98. The number of ketones is 1. The molecule has 4 heteroatoms. The topological polar surface area (TPSA) is 49.4 Å². The smallest absolute Gasteiger partial charge is 0.227 e. The third-order valence-corrected chi connectivity index (χ3v) is 4.69. The molecular weight excluding hydrogens is 276 g/mol. The van der Waals surface area contributed by atoms with Crippen molar-refractivity contribution in [2.24, 2.45) is 0 Å². The molecule has 0 spiro atoms. The lowest BCUT2D eigenvalue weighted by Gasteiger charge is -2.22. The van der Waals surface area contributed by atoms with Crippen molar-refractivity contribution < 1.29 is 9.59 Å². The van der Waals surface area contributed by atoms with E-state index in [1.54, 1.807) is 0 Å². The van der Waals surface area contributed by atoms with Crippen LogP contribution in [0.3, 0.4) is 0 Å². The number of nitrogens with zero attached hydrogens (tertiary/aromatic N) is 1. The summed E-state index contributed by atoms with van der Waals surface area (Å²) in [6.07, 6.45) is 4.27. The highest BCUT2D eigenvalue weighted by Gasteiger charge is 2.31. The van der Waals surface area contributed by atoms with Crippen molar-refractivity contribution in [3.63, 3.8) is 0 Å². The second-order valence-corrected chi connectivity index (χ2v) is 6.42. The van der Waals surface area contributed by atoms with E-state index < -0.39 is 0 Å². The predicted octanol–water partition coefficient (Wildman–Crippen LogP) is 2.70. The van der Waals surface area contributed by atoms with Gasteiger partial charge in [-0.15, -0.1) is 0 Å². The first-order valence-corrected chi connectivity index (χ1v) is 8.34. The Balaban J connectivity index is 1.84. The van der Waals surface area contributed by atoms with Crippen LogP contribution in [0.5, 0.6) is 0 Å². The summed E-state index contributed by atoms with van der Waals surface area (Å²) in [5.41, 5.74) is 2.89. The van der Waals surface area contributed by atoms with E-state index in [1.165, 1.54) is 0 Å². The molecule has 118 valence electrons. The van der Waals surface area contributed by atoms with E-state index in [0.29, 0.717) is 6.42 Å². The summed E-state index contributed by atoms with van der Waals surface area (Å²) in [7, 11) is 0. The molecule has 2 aliphatic rings. The van der Waals surface area contributed by atoms with Gasteiger partial charge in [-0.3, -0.25) is 9.59 Å². The Morgan fingerprint density at radius 1 is 1.36 bits per heavy atom. The Morgan fingerprint density at radius 2 is 2.18 bits per heavy atom. The molecule has 22 heavy (non-hydrogen) atoms. The van der Waals surface area contributed by atoms with Gasteiger partial charge < -0.3 is 10.2 Å². The fourth-order valence-corrected chi connectivity index (χ4v) is 3.61. The molecular formula is C18H24N2O2. The zero-order chi connectivity index (χ0) is 15.7. The lowest BCUT2D eigenvalue weighted by molar-refractivity contribution is -0.118. The molecule has 1 fully saturated rings. The molecule has 2 unspecified atom stereocenters. The number of Topliss-reactive ketones (excluding diaryl/α,β-unsaturated/α-hetero) is 1. The molecule has 1 N–H and O–H groups in total. The number of rotatable bonds is 4. The van der Waals surface area contributed by atoms with E-state index in [1.807, 2.05) is 30.0 Å². The van der Waals surface area contributed by atoms with Crippen molar-refractivity contribution in [3.05, 3.63) is 29.3 Å². The van der Waals surface area contributed by atoms with Gasteiger partial charge in [0.15, 0.2) is 5.78 Å². The normalized spacial score (nSPS) is 23.6. The fourth-order valence-electron chi connectivity index (χ4n) is 3.61. The van der Waals surface area contributed by atoms with Crippen LogP contribution in [0.25, 0.3) is 0 Å². The number of anilines is 1. The van der Waals surface area contributed by atoms with Crippen molar-refractivity contribution in [2.75, 3.05) is 11.4 Å². The van der Waals surface area contributed by atoms with E-state index in [9.17, 15) is 9.59 Å². The SMILES string of the molecule is CCCC(=O)N1c2ccc(C(=O)C3CCCN3)cc2CC1C. The Kier molecular flexibility index (Phi) is 4.30. The molecule has 2 aliphatic heterocycles. The molecule has 0 radical (unpaired) electrons. The van der Waals surface area contributed by atoms with Gasteiger partial charge in [0.2, 0.25) is 5.91 Å². The fraction of sp³-hybridized carbons (Fsp3) is 0.556. The van der Waals surface area contributed by atoms with Crippen LogP contribution < -0.4 is 10.2 Å². The summed E-state index contributed by atoms with van der Waals surface area (Å²) in [5, 5.41) is 3.26. The minimum atomic E-state index is -0.0327. The van der Waals surface area contributed by atoms with Gasteiger partial charge in [0.05, 0.1) is 6.04 Å². The first kappa shape index (κ1) is 15.2. The number of benzene rings is 1. The van der Waals surface area contributed by atoms with Gasteiger partial charge in [-0.25, -0.2) is 0 Å². The van der Waals surface area contributed by atoms with Crippen LogP contribution in [0.4, 0.5) is 5.69 Å². The largest absolute Gasteiger partial charge is 0.309 e. The van der Waals surface area contributed by atoms with Crippen LogP contribution in [-0.2, 0) is 11.2 Å². The highest BCUT2D eigenvalue weighted by Crippen LogP contribution is 2.34. The number of carbonyl (C=O) groups excluding carboxylic acids is 2. The highest BCUT2D eigenvalue weighted by molar-refractivity contribution is 6.02. The number of fused-ring (bicyclic) bond motifs is 1. The van der Waals surface area contributed by atoms with E-state index in [0.717, 1.165) is 49.0 Å². The van der Waals surface area contributed by atoms with Crippen molar-refractivity contribution in [1.82, 2.24) is 5.32 Å². The van der Waals surface area contributed by atoms with E-state index in [4.69, 9.17) is 0 Å². The molecule has 0 aliphatic carbocycles. The number of carbonyl (C=O) groups is 2. The molecule has 0 saturated carbocycles. The van der Waals surface area contributed by atoms with Crippen LogP contribution in [0.15, 0.2) is 18.2 Å². The van der Waals surface area contributed by atoms with Gasteiger partial charge in [0, 0.05) is 23.7 Å². The molecule has 2 heterocycles. The lowest BCUT2D eigenvalue weighted by Crippen LogP contribution is -2.35. The Labute approximate surface area is 131 Å².